The monoisotopic (exact) mass is 480 g/mol. The molecule has 0 atom stereocenters. The zero-order valence-electron chi connectivity index (χ0n) is 16.3. The van der Waals surface area contributed by atoms with E-state index < -0.39 is 0 Å². The van der Waals surface area contributed by atoms with Crippen LogP contribution in [0, 0.1) is 0 Å². The second-order valence-corrected chi connectivity index (χ2v) is 7.40. The number of amides is 1. The zero-order chi connectivity index (χ0) is 18.2. The van der Waals surface area contributed by atoms with Crippen LogP contribution in [-0.4, -0.2) is 61.4 Å². The molecule has 1 aromatic rings. The number of rotatable bonds is 8. The lowest BCUT2D eigenvalue weighted by molar-refractivity contribution is -0.131. The first-order chi connectivity index (χ1) is 11.4. The van der Waals surface area contributed by atoms with Gasteiger partial charge in [-0.2, -0.15) is 0 Å². The molecule has 7 heteroatoms. The Balaban J connectivity index is 0.00000576. The van der Waals surface area contributed by atoms with Crippen LogP contribution in [0.4, 0.5) is 0 Å². The highest BCUT2D eigenvalue weighted by Gasteiger charge is 2.22. The van der Waals surface area contributed by atoms with E-state index in [0.717, 1.165) is 25.6 Å². The maximum absolute atomic E-state index is 12.3. The Morgan fingerprint density at radius 1 is 1.28 bits per heavy atom. The number of nitrogens with zero attached hydrogens (tertiary/aromatic N) is 3. The Bertz CT molecular complexity index is 527. The number of halogens is 1. The van der Waals surface area contributed by atoms with E-state index in [4.69, 9.17) is 4.99 Å². The standard InChI is InChI=1S/C18H32N4OS.HI/c1-7-19-17(21(6)13-16(23)22(8-2)9-3)20-14-18(4,5)15-11-10-12-24-15;/h10-12H,7-9,13-14H2,1-6H3,(H,19,20);1H. The number of nitrogens with one attached hydrogen (secondary N) is 1. The molecular formula is C18H33IN4OS. The van der Waals surface area contributed by atoms with Crippen molar-refractivity contribution in [3.63, 3.8) is 0 Å². The van der Waals surface area contributed by atoms with E-state index in [1.165, 1.54) is 4.88 Å². The predicted octanol–water partition coefficient (Wildman–Crippen LogP) is 3.41. The molecule has 0 radical (unpaired) electrons. The van der Waals surface area contributed by atoms with Gasteiger partial charge in [-0.1, -0.05) is 19.9 Å². The Labute approximate surface area is 173 Å². The fourth-order valence-electron chi connectivity index (χ4n) is 2.44. The van der Waals surface area contributed by atoms with Crippen molar-refractivity contribution in [3.8, 4) is 0 Å². The topological polar surface area (TPSA) is 47.9 Å². The van der Waals surface area contributed by atoms with Crippen LogP contribution in [0.3, 0.4) is 0 Å². The van der Waals surface area contributed by atoms with Gasteiger partial charge >= 0.3 is 0 Å². The Morgan fingerprint density at radius 3 is 2.40 bits per heavy atom. The molecule has 1 amide bonds. The molecule has 0 aliphatic carbocycles. The van der Waals surface area contributed by atoms with Gasteiger partial charge in [0, 0.05) is 37.0 Å². The first-order valence-corrected chi connectivity index (χ1v) is 9.54. The maximum atomic E-state index is 12.3. The van der Waals surface area contributed by atoms with Crippen molar-refractivity contribution in [3.05, 3.63) is 22.4 Å². The molecule has 0 saturated carbocycles. The molecule has 1 heterocycles. The maximum Gasteiger partial charge on any atom is 0.242 e. The van der Waals surface area contributed by atoms with Gasteiger partial charge in [0.2, 0.25) is 5.91 Å². The fourth-order valence-corrected chi connectivity index (χ4v) is 3.28. The SMILES string of the molecule is CCNC(=NCC(C)(C)c1cccs1)N(C)CC(=O)N(CC)CC.I. The van der Waals surface area contributed by atoms with E-state index in [1.54, 1.807) is 11.3 Å². The summed E-state index contributed by atoms with van der Waals surface area (Å²) >= 11 is 1.76. The quantitative estimate of drug-likeness (QED) is 0.353. The van der Waals surface area contributed by atoms with Crippen LogP contribution >= 0.6 is 35.3 Å². The highest BCUT2D eigenvalue weighted by atomic mass is 127. The average molecular weight is 480 g/mol. The molecule has 144 valence electrons. The van der Waals surface area contributed by atoms with Crippen molar-refractivity contribution in [1.29, 1.82) is 0 Å². The zero-order valence-corrected chi connectivity index (χ0v) is 19.5. The molecule has 0 aromatic carbocycles. The molecule has 0 bridgehead atoms. The number of carbonyl (C=O) groups is 1. The summed E-state index contributed by atoms with van der Waals surface area (Å²) in [7, 11) is 1.92. The summed E-state index contributed by atoms with van der Waals surface area (Å²) < 4.78 is 0. The average Bonchev–Trinajstić information content (AvgIpc) is 3.07. The third-order valence-electron chi connectivity index (χ3n) is 4.00. The summed E-state index contributed by atoms with van der Waals surface area (Å²) in [5, 5.41) is 5.39. The first-order valence-electron chi connectivity index (χ1n) is 8.66. The van der Waals surface area contributed by atoms with Gasteiger partial charge < -0.3 is 15.1 Å². The fraction of sp³-hybridized carbons (Fsp3) is 0.667. The molecule has 25 heavy (non-hydrogen) atoms. The van der Waals surface area contributed by atoms with Crippen LogP contribution in [0.5, 0.6) is 0 Å². The van der Waals surface area contributed by atoms with Crippen LogP contribution in [0.2, 0.25) is 0 Å². The molecule has 0 spiro atoms. The summed E-state index contributed by atoms with van der Waals surface area (Å²) in [6, 6.07) is 4.23. The largest absolute Gasteiger partial charge is 0.357 e. The second-order valence-electron chi connectivity index (χ2n) is 6.45. The first kappa shape index (κ1) is 24.2. The van der Waals surface area contributed by atoms with Gasteiger partial charge in [-0.05, 0) is 32.2 Å². The minimum Gasteiger partial charge on any atom is -0.357 e. The molecule has 0 aliphatic rings. The minimum absolute atomic E-state index is 0. The molecule has 5 nitrogen and oxygen atoms in total. The van der Waals surface area contributed by atoms with Gasteiger partial charge in [-0.15, -0.1) is 35.3 Å². The lowest BCUT2D eigenvalue weighted by Gasteiger charge is -2.27. The van der Waals surface area contributed by atoms with Crippen LogP contribution in [0.25, 0.3) is 0 Å². The lowest BCUT2D eigenvalue weighted by Crippen LogP contribution is -2.46. The smallest absolute Gasteiger partial charge is 0.242 e. The predicted molar refractivity (Wildman–Crippen MR) is 119 cm³/mol. The van der Waals surface area contributed by atoms with Gasteiger partial charge in [-0.3, -0.25) is 9.79 Å². The van der Waals surface area contributed by atoms with E-state index in [0.29, 0.717) is 13.1 Å². The number of thiophene rings is 1. The summed E-state index contributed by atoms with van der Waals surface area (Å²) in [6.45, 7) is 13.7. The molecule has 0 saturated heterocycles. The van der Waals surface area contributed by atoms with E-state index in [2.05, 4.69) is 36.7 Å². The highest BCUT2D eigenvalue weighted by Crippen LogP contribution is 2.27. The number of guanidine groups is 1. The number of carbonyl (C=O) groups excluding carboxylic acids is 1. The van der Waals surface area contributed by atoms with Gasteiger partial charge in [0.05, 0.1) is 13.1 Å². The third-order valence-corrected chi connectivity index (χ3v) is 5.23. The third kappa shape index (κ3) is 7.52. The van der Waals surface area contributed by atoms with E-state index in [-0.39, 0.29) is 35.3 Å². The Morgan fingerprint density at radius 2 is 1.92 bits per heavy atom. The summed E-state index contributed by atoms with van der Waals surface area (Å²) in [5.41, 5.74) is -0.0153. The van der Waals surface area contributed by atoms with Crippen LogP contribution in [0.1, 0.15) is 39.5 Å². The summed E-state index contributed by atoms with van der Waals surface area (Å²) in [5.74, 6) is 0.910. The van der Waals surface area contributed by atoms with Crippen LogP contribution < -0.4 is 5.32 Å². The highest BCUT2D eigenvalue weighted by molar-refractivity contribution is 14.0. The number of aliphatic imine (C=N–C) groups is 1. The van der Waals surface area contributed by atoms with Crippen molar-refractivity contribution in [2.24, 2.45) is 4.99 Å². The summed E-state index contributed by atoms with van der Waals surface area (Å²) in [4.78, 5) is 22.2. The van der Waals surface area contributed by atoms with Gasteiger partial charge in [0.15, 0.2) is 5.96 Å². The van der Waals surface area contributed by atoms with Gasteiger partial charge in [-0.25, -0.2) is 0 Å². The Hall–Kier alpha value is -0.830. The Kier molecular flexibility index (Phi) is 11.3. The van der Waals surface area contributed by atoms with Gasteiger partial charge in [0.1, 0.15) is 0 Å². The molecular weight excluding hydrogens is 447 g/mol. The van der Waals surface area contributed by atoms with E-state index >= 15 is 0 Å². The molecule has 1 N–H and O–H groups in total. The summed E-state index contributed by atoms with van der Waals surface area (Å²) in [6.07, 6.45) is 0. The van der Waals surface area contributed by atoms with Gasteiger partial charge in [0.25, 0.3) is 0 Å². The van der Waals surface area contributed by atoms with Crippen molar-refractivity contribution in [2.45, 2.75) is 40.0 Å². The van der Waals surface area contributed by atoms with Crippen LogP contribution in [-0.2, 0) is 10.2 Å². The number of likely N-dealkylation sites (N-methyl/N-ethyl adjacent to an activating group) is 2. The van der Waals surface area contributed by atoms with E-state index in [9.17, 15) is 4.79 Å². The normalized spacial score (nSPS) is 11.7. The van der Waals surface area contributed by atoms with Crippen molar-refractivity contribution >= 4 is 47.2 Å². The number of hydrogen-bond donors (Lipinski definition) is 1. The number of hydrogen-bond acceptors (Lipinski definition) is 3. The van der Waals surface area contributed by atoms with Crippen molar-refractivity contribution < 1.29 is 4.79 Å². The molecule has 1 aromatic heterocycles. The van der Waals surface area contributed by atoms with Crippen LogP contribution in [0.15, 0.2) is 22.5 Å². The lowest BCUT2D eigenvalue weighted by atomic mass is 9.92. The minimum atomic E-state index is -0.0153. The molecule has 0 unspecified atom stereocenters. The van der Waals surface area contributed by atoms with E-state index in [1.807, 2.05) is 37.6 Å². The molecule has 1 rings (SSSR count). The second kappa shape index (κ2) is 11.7. The van der Waals surface area contributed by atoms with Crippen molar-refractivity contribution in [1.82, 2.24) is 15.1 Å². The molecule has 0 fully saturated rings. The molecule has 0 aliphatic heterocycles. The van der Waals surface area contributed by atoms with Crippen molar-refractivity contribution in [2.75, 3.05) is 39.8 Å².